The first kappa shape index (κ1) is 22.8. The van der Waals surface area contributed by atoms with Crippen molar-refractivity contribution in [2.24, 2.45) is 21.1 Å². The Hall–Kier alpha value is -3.49. The fourth-order valence-corrected chi connectivity index (χ4v) is 2.85. The number of benzene rings is 1. The van der Waals surface area contributed by atoms with E-state index >= 15 is 0 Å². The molecule has 0 saturated carbocycles. The first-order valence-corrected chi connectivity index (χ1v) is 9.24. The molecule has 0 saturated heterocycles. The molecule has 0 spiro atoms. The molecule has 1 aromatic rings. The first-order valence-electron chi connectivity index (χ1n) is 9.24. The molecule has 9 nitrogen and oxygen atoms in total. The van der Waals surface area contributed by atoms with E-state index in [1.807, 2.05) is 41.5 Å². The molecule has 9 heteroatoms. The normalized spacial score (nSPS) is 15.1. The number of allylic oxidation sites excluding steroid dienone is 5. The number of nitrogens with zero attached hydrogens (tertiary/aromatic N) is 4. The summed E-state index contributed by atoms with van der Waals surface area (Å²) >= 11 is 0. The van der Waals surface area contributed by atoms with Crippen molar-refractivity contribution in [2.75, 3.05) is 0 Å². The molecule has 0 bridgehead atoms. The number of hydrogen-bond donors (Lipinski definition) is 0. The number of nitro groups is 2. The highest BCUT2D eigenvalue weighted by molar-refractivity contribution is 6.11. The van der Waals surface area contributed by atoms with Crippen molar-refractivity contribution in [1.82, 2.24) is 0 Å². The Kier molecular flexibility index (Phi) is 6.15. The van der Waals surface area contributed by atoms with Crippen molar-refractivity contribution in [3.8, 4) is 0 Å². The van der Waals surface area contributed by atoms with Gasteiger partial charge in [0.1, 0.15) is 0 Å². The van der Waals surface area contributed by atoms with E-state index < -0.39 is 21.2 Å². The summed E-state index contributed by atoms with van der Waals surface area (Å²) < 4.78 is 0. The molecule has 0 amide bonds. The molecule has 0 N–H and O–H groups in total. The minimum atomic E-state index is -0.728. The summed E-state index contributed by atoms with van der Waals surface area (Å²) in [6.07, 6.45) is 4.91. The van der Waals surface area contributed by atoms with Crippen LogP contribution in [-0.4, -0.2) is 15.6 Å². The van der Waals surface area contributed by atoms with Crippen molar-refractivity contribution in [2.45, 2.75) is 41.5 Å². The Bertz CT molecular complexity index is 966. The molecule has 0 aromatic heterocycles. The Balaban J connectivity index is 2.49. The van der Waals surface area contributed by atoms with Gasteiger partial charge in [-0.3, -0.25) is 25.0 Å². The minimum Gasteiger partial charge on any atom is -0.289 e. The lowest BCUT2D eigenvalue weighted by Gasteiger charge is -2.31. The highest BCUT2D eigenvalue weighted by Gasteiger charge is 2.33. The summed E-state index contributed by atoms with van der Waals surface area (Å²) in [6, 6.07) is 3.07. The van der Waals surface area contributed by atoms with E-state index in [0.717, 1.165) is 18.2 Å². The zero-order valence-corrected chi connectivity index (χ0v) is 17.8. The lowest BCUT2D eigenvalue weighted by atomic mass is 9.72. The zero-order chi connectivity index (χ0) is 22.9. The molecular formula is C21H24N4O5. The van der Waals surface area contributed by atoms with E-state index in [2.05, 4.69) is 10.2 Å². The largest absolute Gasteiger partial charge is 0.289 e. The van der Waals surface area contributed by atoms with Crippen LogP contribution in [0.15, 0.2) is 63.5 Å². The first-order chi connectivity index (χ1) is 13.7. The van der Waals surface area contributed by atoms with Gasteiger partial charge in [0.15, 0.2) is 5.78 Å². The number of ketones is 1. The van der Waals surface area contributed by atoms with Crippen molar-refractivity contribution in [3.05, 3.63) is 73.5 Å². The number of azo groups is 1. The molecule has 1 aromatic carbocycles. The standard InChI is InChI=1S/C21H24N4O5/c1-20(2,3)17-7-13(8-18(19(17)26)21(4,5)6)12-22-23-14-9-15(24(27)28)11-16(10-14)25(29)30/h7-12H,1-6H3. The molecule has 1 aliphatic rings. The van der Waals surface area contributed by atoms with Gasteiger partial charge >= 0.3 is 0 Å². The van der Waals surface area contributed by atoms with Crippen LogP contribution in [0.1, 0.15) is 41.5 Å². The van der Waals surface area contributed by atoms with E-state index in [1.54, 1.807) is 12.2 Å². The molecular weight excluding hydrogens is 388 g/mol. The second-order valence-electron chi connectivity index (χ2n) is 9.01. The van der Waals surface area contributed by atoms with Gasteiger partial charge in [0.05, 0.1) is 27.8 Å². The van der Waals surface area contributed by atoms with Crippen molar-refractivity contribution in [3.63, 3.8) is 0 Å². The van der Waals surface area contributed by atoms with Gasteiger partial charge in [0.2, 0.25) is 0 Å². The lowest BCUT2D eigenvalue weighted by molar-refractivity contribution is -0.394. The van der Waals surface area contributed by atoms with E-state index in [-0.39, 0.29) is 22.3 Å². The van der Waals surface area contributed by atoms with Crippen LogP contribution in [0.5, 0.6) is 0 Å². The zero-order valence-electron chi connectivity index (χ0n) is 17.8. The van der Waals surface area contributed by atoms with Gasteiger partial charge < -0.3 is 0 Å². The molecule has 30 heavy (non-hydrogen) atoms. The van der Waals surface area contributed by atoms with Gasteiger partial charge in [0.25, 0.3) is 11.4 Å². The Labute approximate surface area is 174 Å². The second kappa shape index (κ2) is 8.10. The third-order valence-corrected chi connectivity index (χ3v) is 4.42. The number of non-ortho nitro benzene ring substituents is 2. The van der Waals surface area contributed by atoms with Crippen molar-refractivity contribution in [1.29, 1.82) is 0 Å². The average Bonchev–Trinajstić information content (AvgIpc) is 2.60. The maximum Gasteiger partial charge on any atom is 0.278 e. The predicted octanol–water partition coefficient (Wildman–Crippen LogP) is 6.00. The number of nitro benzene ring substituents is 2. The Morgan fingerprint density at radius 1 is 0.833 bits per heavy atom. The van der Waals surface area contributed by atoms with E-state index in [1.165, 1.54) is 6.20 Å². The highest BCUT2D eigenvalue weighted by Crippen LogP contribution is 2.39. The molecule has 0 fully saturated rings. The van der Waals surface area contributed by atoms with Crippen molar-refractivity contribution < 1.29 is 14.6 Å². The van der Waals surface area contributed by atoms with E-state index in [0.29, 0.717) is 16.7 Å². The number of carbonyl (C=O) groups is 1. The van der Waals surface area contributed by atoms with Crippen LogP contribution in [0.4, 0.5) is 17.1 Å². The van der Waals surface area contributed by atoms with Gasteiger partial charge in [-0.2, -0.15) is 10.2 Å². The Morgan fingerprint density at radius 2 is 1.27 bits per heavy atom. The SMILES string of the molecule is CC(C)(C)C1=CC(=CN=Nc2cc([N+](=O)[O-])cc([N+](=O)[O-])c2)C=C(C(C)(C)C)C1=O. The summed E-state index contributed by atoms with van der Waals surface area (Å²) in [7, 11) is 0. The number of rotatable bonds is 4. The van der Waals surface area contributed by atoms with Gasteiger partial charge in [-0.15, -0.1) is 0 Å². The van der Waals surface area contributed by atoms with Crippen LogP contribution in [0.3, 0.4) is 0 Å². The van der Waals surface area contributed by atoms with E-state index in [4.69, 9.17) is 0 Å². The quantitative estimate of drug-likeness (QED) is 0.340. The minimum absolute atomic E-state index is 0.0142. The molecule has 158 valence electrons. The summed E-state index contributed by atoms with van der Waals surface area (Å²) in [5, 5.41) is 29.8. The number of carbonyl (C=O) groups excluding carboxylic acids is 1. The third kappa shape index (κ3) is 5.31. The summed E-state index contributed by atoms with van der Waals surface area (Å²) in [5.74, 6) is -0.0154. The third-order valence-electron chi connectivity index (χ3n) is 4.42. The molecule has 0 unspecified atom stereocenters. The fourth-order valence-electron chi connectivity index (χ4n) is 2.85. The fraction of sp³-hybridized carbons (Fsp3) is 0.381. The van der Waals surface area contributed by atoms with Crippen molar-refractivity contribution >= 4 is 22.8 Å². The molecule has 0 atom stereocenters. The lowest BCUT2D eigenvalue weighted by Crippen LogP contribution is -2.27. The highest BCUT2D eigenvalue weighted by atomic mass is 16.6. The average molecular weight is 412 g/mol. The van der Waals surface area contributed by atoms with Gasteiger partial charge in [0, 0.05) is 23.3 Å². The van der Waals surface area contributed by atoms with Gasteiger partial charge in [-0.1, -0.05) is 41.5 Å². The molecule has 2 rings (SSSR count). The van der Waals surface area contributed by atoms with E-state index in [9.17, 15) is 25.0 Å². The molecule has 0 aliphatic heterocycles. The maximum absolute atomic E-state index is 12.9. The number of Topliss-reactive ketones (excluding diaryl/α,β-unsaturated/α-hetero) is 1. The maximum atomic E-state index is 12.9. The monoisotopic (exact) mass is 412 g/mol. The predicted molar refractivity (Wildman–Crippen MR) is 112 cm³/mol. The van der Waals surface area contributed by atoms with Crippen LogP contribution < -0.4 is 0 Å². The van der Waals surface area contributed by atoms with Crippen LogP contribution in [-0.2, 0) is 4.79 Å². The Morgan fingerprint density at radius 3 is 1.63 bits per heavy atom. The molecule has 1 aliphatic carbocycles. The number of hydrogen-bond acceptors (Lipinski definition) is 7. The molecule has 0 radical (unpaired) electrons. The topological polar surface area (TPSA) is 128 Å². The van der Waals surface area contributed by atoms with Crippen LogP contribution in [0.2, 0.25) is 0 Å². The summed E-state index contributed by atoms with van der Waals surface area (Å²) in [4.78, 5) is 33.4. The second-order valence-corrected chi connectivity index (χ2v) is 9.01. The van der Waals surface area contributed by atoms with Crippen LogP contribution in [0, 0.1) is 31.1 Å². The summed E-state index contributed by atoms with van der Waals surface area (Å²) in [5.41, 5.74) is 0.271. The van der Waals surface area contributed by atoms with Crippen LogP contribution in [0.25, 0.3) is 0 Å². The summed E-state index contributed by atoms with van der Waals surface area (Å²) in [6.45, 7) is 11.7. The van der Waals surface area contributed by atoms with Gasteiger partial charge in [-0.05, 0) is 28.6 Å². The van der Waals surface area contributed by atoms with Crippen LogP contribution >= 0.6 is 0 Å². The smallest absolute Gasteiger partial charge is 0.278 e. The van der Waals surface area contributed by atoms with Gasteiger partial charge in [-0.25, -0.2) is 0 Å². The molecule has 0 heterocycles.